The van der Waals surface area contributed by atoms with Crippen LogP contribution in [0.15, 0.2) is 12.1 Å². The molecular weight excluding hydrogens is 202 g/mol. The Morgan fingerprint density at radius 1 is 1.44 bits per heavy atom. The Morgan fingerprint density at radius 2 is 2.12 bits per heavy atom. The van der Waals surface area contributed by atoms with Crippen molar-refractivity contribution in [3.63, 3.8) is 0 Å². The number of aromatic hydroxyl groups is 1. The average Bonchev–Trinajstić information content (AvgIpc) is 2.17. The number of ether oxygens (including phenoxy) is 1. The summed E-state index contributed by atoms with van der Waals surface area (Å²) in [7, 11) is 1.63. The second kappa shape index (κ2) is 3.58. The molecule has 1 aliphatic heterocycles. The summed E-state index contributed by atoms with van der Waals surface area (Å²) < 4.78 is 5.31. The number of anilines is 1. The number of methoxy groups -OCH3 is 1. The predicted octanol–water partition coefficient (Wildman–Crippen LogP) is 3.10. The lowest BCUT2D eigenvalue weighted by molar-refractivity contribution is 0.395. The van der Waals surface area contributed by atoms with Gasteiger partial charge in [0, 0.05) is 11.6 Å². The first-order valence-electron chi connectivity index (χ1n) is 5.62. The topological polar surface area (TPSA) is 41.5 Å². The molecule has 0 spiro atoms. The summed E-state index contributed by atoms with van der Waals surface area (Å²) in [4.78, 5) is 0. The molecule has 0 saturated heterocycles. The third-order valence-corrected chi connectivity index (χ3v) is 3.15. The zero-order valence-electron chi connectivity index (χ0n) is 10.3. The van der Waals surface area contributed by atoms with Crippen molar-refractivity contribution in [1.82, 2.24) is 0 Å². The summed E-state index contributed by atoms with van der Waals surface area (Å²) >= 11 is 0. The van der Waals surface area contributed by atoms with Gasteiger partial charge in [0.1, 0.15) is 11.5 Å². The number of nitrogens with one attached hydrogen (secondary N) is 1. The molecule has 16 heavy (non-hydrogen) atoms. The number of hydrogen-bond donors (Lipinski definition) is 2. The number of phenols is 1. The standard InChI is InChI=1S/C13H19NO2/c1-8-7-13(2,3)14-12-10(8)5-9(15)6-11(12)16-4/h5-6,8,14-15H,7H2,1-4H3. The Balaban J connectivity index is 2.55. The highest BCUT2D eigenvalue weighted by Crippen LogP contribution is 2.45. The Labute approximate surface area is 96.4 Å². The molecule has 3 nitrogen and oxygen atoms in total. The smallest absolute Gasteiger partial charge is 0.145 e. The fraction of sp³-hybridized carbons (Fsp3) is 0.538. The van der Waals surface area contributed by atoms with Gasteiger partial charge in [-0.15, -0.1) is 0 Å². The Bertz CT molecular complexity index is 413. The van der Waals surface area contributed by atoms with Gasteiger partial charge in [-0.2, -0.15) is 0 Å². The zero-order chi connectivity index (χ0) is 11.9. The van der Waals surface area contributed by atoms with Crippen molar-refractivity contribution < 1.29 is 9.84 Å². The summed E-state index contributed by atoms with van der Waals surface area (Å²) in [6.45, 7) is 6.54. The van der Waals surface area contributed by atoms with Crippen LogP contribution in [0.2, 0.25) is 0 Å². The maximum absolute atomic E-state index is 9.64. The maximum Gasteiger partial charge on any atom is 0.145 e. The normalized spacial score (nSPS) is 22.1. The molecule has 2 rings (SSSR count). The van der Waals surface area contributed by atoms with E-state index >= 15 is 0 Å². The molecule has 0 radical (unpaired) electrons. The van der Waals surface area contributed by atoms with Crippen LogP contribution in [0.3, 0.4) is 0 Å². The predicted molar refractivity (Wildman–Crippen MR) is 65.4 cm³/mol. The summed E-state index contributed by atoms with van der Waals surface area (Å²) in [5.74, 6) is 1.41. The van der Waals surface area contributed by atoms with Crippen LogP contribution >= 0.6 is 0 Å². The van der Waals surface area contributed by atoms with Gasteiger partial charge in [-0.1, -0.05) is 6.92 Å². The lowest BCUT2D eigenvalue weighted by Gasteiger charge is -2.38. The molecule has 0 aliphatic carbocycles. The van der Waals surface area contributed by atoms with Crippen LogP contribution in [0.5, 0.6) is 11.5 Å². The van der Waals surface area contributed by atoms with E-state index in [1.54, 1.807) is 13.2 Å². The van der Waals surface area contributed by atoms with Crippen LogP contribution < -0.4 is 10.1 Å². The highest BCUT2D eigenvalue weighted by Gasteiger charge is 2.31. The minimum absolute atomic E-state index is 0.0661. The SMILES string of the molecule is COc1cc(O)cc2c1NC(C)(C)CC2C. The molecule has 0 aromatic heterocycles. The van der Waals surface area contributed by atoms with Gasteiger partial charge in [-0.3, -0.25) is 0 Å². The van der Waals surface area contributed by atoms with Crippen LogP contribution in [-0.4, -0.2) is 17.8 Å². The molecule has 3 heteroatoms. The van der Waals surface area contributed by atoms with Crippen LogP contribution in [-0.2, 0) is 0 Å². The van der Waals surface area contributed by atoms with E-state index in [0.717, 1.165) is 23.4 Å². The van der Waals surface area contributed by atoms with E-state index in [4.69, 9.17) is 4.74 Å². The first-order chi connectivity index (χ1) is 7.43. The highest BCUT2D eigenvalue weighted by atomic mass is 16.5. The molecule has 2 N–H and O–H groups in total. The van der Waals surface area contributed by atoms with E-state index in [1.807, 2.05) is 6.07 Å². The summed E-state index contributed by atoms with van der Waals surface area (Å²) in [5, 5.41) is 13.1. The van der Waals surface area contributed by atoms with Gasteiger partial charge in [-0.25, -0.2) is 0 Å². The second-order valence-corrected chi connectivity index (χ2v) is 5.23. The molecular formula is C13H19NO2. The molecule has 0 amide bonds. The third-order valence-electron chi connectivity index (χ3n) is 3.15. The third kappa shape index (κ3) is 1.82. The van der Waals surface area contributed by atoms with E-state index in [1.165, 1.54) is 0 Å². The lowest BCUT2D eigenvalue weighted by atomic mass is 9.81. The van der Waals surface area contributed by atoms with Gasteiger partial charge in [-0.05, 0) is 37.8 Å². The number of hydrogen-bond acceptors (Lipinski definition) is 3. The monoisotopic (exact) mass is 221 g/mol. The van der Waals surface area contributed by atoms with E-state index in [2.05, 4.69) is 26.1 Å². The van der Waals surface area contributed by atoms with E-state index in [0.29, 0.717) is 5.92 Å². The Hall–Kier alpha value is -1.38. The fourth-order valence-electron chi connectivity index (χ4n) is 2.57. The summed E-state index contributed by atoms with van der Waals surface area (Å²) in [5.41, 5.74) is 2.22. The minimum atomic E-state index is 0.0661. The van der Waals surface area contributed by atoms with Crippen LogP contribution in [0, 0.1) is 0 Å². The molecule has 1 aromatic rings. The molecule has 0 saturated carbocycles. The van der Waals surface area contributed by atoms with Gasteiger partial charge in [0.25, 0.3) is 0 Å². The molecule has 0 fully saturated rings. The molecule has 88 valence electrons. The fourth-order valence-corrected chi connectivity index (χ4v) is 2.57. The molecule has 1 aliphatic rings. The van der Waals surface area contributed by atoms with Gasteiger partial charge in [0.05, 0.1) is 12.8 Å². The number of benzene rings is 1. The maximum atomic E-state index is 9.64. The number of fused-ring (bicyclic) bond motifs is 1. The summed E-state index contributed by atoms with van der Waals surface area (Å²) in [6, 6.07) is 3.48. The van der Waals surface area contributed by atoms with Crippen LogP contribution in [0.1, 0.15) is 38.7 Å². The van der Waals surface area contributed by atoms with Crippen molar-refractivity contribution >= 4 is 5.69 Å². The van der Waals surface area contributed by atoms with Gasteiger partial charge < -0.3 is 15.2 Å². The second-order valence-electron chi connectivity index (χ2n) is 5.23. The first-order valence-corrected chi connectivity index (χ1v) is 5.62. The van der Waals surface area contributed by atoms with Crippen molar-refractivity contribution in [3.05, 3.63) is 17.7 Å². The molecule has 1 aromatic carbocycles. The molecule has 1 unspecified atom stereocenters. The Kier molecular flexibility index (Phi) is 2.49. The molecule has 1 heterocycles. The van der Waals surface area contributed by atoms with E-state index in [-0.39, 0.29) is 11.3 Å². The summed E-state index contributed by atoms with van der Waals surface area (Å²) in [6.07, 6.45) is 1.05. The molecule has 0 bridgehead atoms. The largest absolute Gasteiger partial charge is 0.508 e. The number of rotatable bonds is 1. The molecule has 1 atom stereocenters. The van der Waals surface area contributed by atoms with E-state index < -0.39 is 0 Å². The average molecular weight is 221 g/mol. The zero-order valence-corrected chi connectivity index (χ0v) is 10.3. The van der Waals surface area contributed by atoms with Gasteiger partial charge >= 0.3 is 0 Å². The van der Waals surface area contributed by atoms with Gasteiger partial charge in [0.2, 0.25) is 0 Å². The first kappa shape index (κ1) is 11.1. The Morgan fingerprint density at radius 3 is 2.75 bits per heavy atom. The van der Waals surface area contributed by atoms with Crippen LogP contribution in [0.25, 0.3) is 0 Å². The van der Waals surface area contributed by atoms with Crippen molar-refractivity contribution in [2.24, 2.45) is 0 Å². The minimum Gasteiger partial charge on any atom is -0.508 e. The van der Waals surface area contributed by atoms with Gasteiger partial charge in [0.15, 0.2) is 0 Å². The van der Waals surface area contributed by atoms with Crippen molar-refractivity contribution in [3.8, 4) is 11.5 Å². The quantitative estimate of drug-likeness (QED) is 0.716. The van der Waals surface area contributed by atoms with Crippen LogP contribution in [0.4, 0.5) is 5.69 Å². The van der Waals surface area contributed by atoms with E-state index in [9.17, 15) is 5.11 Å². The lowest BCUT2D eigenvalue weighted by Crippen LogP contribution is -2.36. The van der Waals surface area contributed by atoms with Crippen molar-refractivity contribution in [1.29, 1.82) is 0 Å². The number of phenolic OH excluding ortho intramolecular Hbond substituents is 1. The van der Waals surface area contributed by atoms with Crippen molar-refractivity contribution in [2.45, 2.75) is 38.6 Å². The van der Waals surface area contributed by atoms with Crippen molar-refractivity contribution in [2.75, 3.05) is 12.4 Å². The highest BCUT2D eigenvalue weighted by molar-refractivity contribution is 5.68.